The van der Waals surface area contributed by atoms with Gasteiger partial charge in [0.25, 0.3) is 0 Å². The minimum absolute atomic E-state index is 0.1000. The third-order valence-corrected chi connectivity index (χ3v) is 3.75. The van der Waals surface area contributed by atoms with Crippen LogP contribution in [0.1, 0.15) is 28.4 Å². The molecule has 0 aliphatic heterocycles. The summed E-state index contributed by atoms with van der Waals surface area (Å²) >= 11 is 1.72. The van der Waals surface area contributed by atoms with E-state index in [1.54, 1.807) is 11.3 Å². The first-order valence-electron chi connectivity index (χ1n) is 5.50. The zero-order chi connectivity index (χ0) is 11.4. The topological polar surface area (TPSA) is 38.9 Å². The Morgan fingerprint density at radius 1 is 1.25 bits per heavy atom. The molecule has 1 atom stereocenters. The highest BCUT2D eigenvalue weighted by Crippen LogP contribution is 2.19. The van der Waals surface area contributed by atoms with Crippen molar-refractivity contribution in [2.45, 2.75) is 25.8 Å². The molecule has 0 fully saturated rings. The molecular formula is C13H16N2S. The lowest BCUT2D eigenvalue weighted by atomic mass is 10.1. The highest BCUT2D eigenvalue weighted by molar-refractivity contribution is 7.11. The van der Waals surface area contributed by atoms with Crippen LogP contribution in [-0.4, -0.2) is 4.98 Å². The maximum absolute atomic E-state index is 5.80. The smallest absolute Gasteiger partial charge is 0.0931 e. The number of benzene rings is 1. The number of aryl methyl sites for hydroxylation is 2. The van der Waals surface area contributed by atoms with Gasteiger partial charge in [-0.25, -0.2) is 4.98 Å². The van der Waals surface area contributed by atoms with Crippen molar-refractivity contribution in [3.63, 3.8) is 0 Å². The first kappa shape index (κ1) is 11.3. The van der Waals surface area contributed by atoms with E-state index in [1.807, 2.05) is 19.2 Å². The molecule has 0 saturated carbocycles. The second-order valence-electron chi connectivity index (χ2n) is 3.93. The van der Waals surface area contributed by atoms with Gasteiger partial charge < -0.3 is 5.73 Å². The second-order valence-corrected chi connectivity index (χ2v) is 5.08. The van der Waals surface area contributed by atoms with Crippen LogP contribution in [0.25, 0.3) is 0 Å². The standard InChI is InChI=1S/C13H16N2S/c1-10(14)12-9-15-13(16-12)8-7-11-5-3-2-4-6-11/h2-6,9-10H,7-8,14H2,1H3. The fourth-order valence-electron chi connectivity index (χ4n) is 1.55. The Morgan fingerprint density at radius 2 is 2.00 bits per heavy atom. The second kappa shape index (κ2) is 5.23. The largest absolute Gasteiger partial charge is 0.323 e. The van der Waals surface area contributed by atoms with Crippen LogP contribution in [0.3, 0.4) is 0 Å². The van der Waals surface area contributed by atoms with E-state index in [-0.39, 0.29) is 6.04 Å². The molecule has 3 heteroatoms. The van der Waals surface area contributed by atoms with Crippen LogP contribution in [0.5, 0.6) is 0 Å². The zero-order valence-electron chi connectivity index (χ0n) is 9.39. The van der Waals surface area contributed by atoms with Crippen molar-refractivity contribution < 1.29 is 0 Å². The van der Waals surface area contributed by atoms with E-state index in [0.717, 1.165) is 12.8 Å². The molecular weight excluding hydrogens is 216 g/mol. The van der Waals surface area contributed by atoms with Gasteiger partial charge in [-0.3, -0.25) is 0 Å². The van der Waals surface area contributed by atoms with E-state index in [4.69, 9.17) is 5.73 Å². The predicted octanol–water partition coefficient (Wildman–Crippen LogP) is 2.95. The lowest BCUT2D eigenvalue weighted by Gasteiger charge is -1.99. The molecule has 0 amide bonds. The molecule has 84 valence electrons. The average molecular weight is 232 g/mol. The average Bonchev–Trinajstić information content (AvgIpc) is 2.76. The van der Waals surface area contributed by atoms with Crippen molar-refractivity contribution in [3.8, 4) is 0 Å². The molecule has 1 unspecified atom stereocenters. The molecule has 0 radical (unpaired) electrons. The lowest BCUT2D eigenvalue weighted by molar-refractivity contribution is 0.834. The molecule has 0 aliphatic carbocycles. The summed E-state index contributed by atoms with van der Waals surface area (Å²) in [7, 11) is 0. The first-order chi connectivity index (χ1) is 7.75. The van der Waals surface area contributed by atoms with Gasteiger partial charge in [0.1, 0.15) is 0 Å². The predicted molar refractivity (Wildman–Crippen MR) is 68.6 cm³/mol. The number of nitrogens with zero attached hydrogens (tertiary/aromatic N) is 1. The third-order valence-electron chi connectivity index (χ3n) is 2.49. The van der Waals surface area contributed by atoms with E-state index in [1.165, 1.54) is 15.4 Å². The number of rotatable bonds is 4. The van der Waals surface area contributed by atoms with Gasteiger partial charge in [-0.05, 0) is 18.9 Å². The third kappa shape index (κ3) is 2.90. The van der Waals surface area contributed by atoms with E-state index in [2.05, 4.69) is 29.2 Å². The van der Waals surface area contributed by atoms with Crippen LogP contribution in [0, 0.1) is 0 Å². The van der Waals surface area contributed by atoms with E-state index < -0.39 is 0 Å². The summed E-state index contributed by atoms with van der Waals surface area (Å²) in [4.78, 5) is 5.56. The molecule has 2 nitrogen and oxygen atoms in total. The van der Waals surface area contributed by atoms with Crippen LogP contribution in [-0.2, 0) is 12.8 Å². The normalized spacial score (nSPS) is 12.6. The quantitative estimate of drug-likeness (QED) is 0.880. The van der Waals surface area contributed by atoms with Gasteiger partial charge in [-0.1, -0.05) is 30.3 Å². The number of thiazole rings is 1. The van der Waals surface area contributed by atoms with E-state index >= 15 is 0 Å². The fraction of sp³-hybridized carbons (Fsp3) is 0.308. The summed E-state index contributed by atoms with van der Waals surface area (Å²) in [6.07, 6.45) is 3.95. The molecule has 0 aliphatic rings. The lowest BCUT2D eigenvalue weighted by Crippen LogP contribution is -2.01. The minimum Gasteiger partial charge on any atom is -0.323 e. The van der Waals surface area contributed by atoms with Crippen LogP contribution in [0.15, 0.2) is 36.5 Å². The van der Waals surface area contributed by atoms with Crippen LogP contribution >= 0.6 is 11.3 Å². The molecule has 2 rings (SSSR count). The Labute approximate surface area is 100 Å². The van der Waals surface area contributed by atoms with Gasteiger partial charge in [-0.15, -0.1) is 11.3 Å². The monoisotopic (exact) mass is 232 g/mol. The Morgan fingerprint density at radius 3 is 2.62 bits per heavy atom. The van der Waals surface area contributed by atoms with Crippen LogP contribution < -0.4 is 5.73 Å². The van der Waals surface area contributed by atoms with Gasteiger partial charge in [0.15, 0.2) is 0 Å². The molecule has 16 heavy (non-hydrogen) atoms. The fourth-order valence-corrected chi connectivity index (χ4v) is 2.42. The maximum atomic E-state index is 5.80. The highest BCUT2D eigenvalue weighted by Gasteiger charge is 2.05. The van der Waals surface area contributed by atoms with Gasteiger partial charge in [0, 0.05) is 23.5 Å². The van der Waals surface area contributed by atoms with Gasteiger partial charge >= 0.3 is 0 Å². The Balaban J connectivity index is 1.95. The van der Waals surface area contributed by atoms with E-state index in [0.29, 0.717) is 0 Å². The molecule has 2 aromatic rings. The summed E-state index contributed by atoms with van der Waals surface area (Å²) in [5.74, 6) is 0. The van der Waals surface area contributed by atoms with E-state index in [9.17, 15) is 0 Å². The maximum Gasteiger partial charge on any atom is 0.0931 e. The summed E-state index contributed by atoms with van der Waals surface area (Å²) in [5.41, 5.74) is 7.17. The van der Waals surface area contributed by atoms with Gasteiger partial charge in [0.2, 0.25) is 0 Å². The molecule has 0 spiro atoms. The van der Waals surface area contributed by atoms with Crippen molar-refractivity contribution in [2.24, 2.45) is 5.73 Å². The molecule has 1 aromatic heterocycles. The number of hydrogen-bond acceptors (Lipinski definition) is 3. The Kier molecular flexibility index (Phi) is 3.70. The summed E-state index contributed by atoms with van der Waals surface area (Å²) < 4.78 is 0. The zero-order valence-corrected chi connectivity index (χ0v) is 10.2. The molecule has 0 bridgehead atoms. The summed E-state index contributed by atoms with van der Waals surface area (Å²) in [5, 5.41) is 1.18. The molecule has 2 N–H and O–H groups in total. The number of nitrogens with two attached hydrogens (primary N) is 1. The van der Waals surface area contributed by atoms with Gasteiger partial charge in [-0.2, -0.15) is 0 Å². The minimum atomic E-state index is 0.1000. The SMILES string of the molecule is CC(N)c1cnc(CCc2ccccc2)s1. The molecule has 0 saturated heterocycles. The van der Waals surface area contributed by atoms with Crippen LogP contribution in [0.2, 0.25) is 0 Å². The summed E-state index contributed by atoms with van der Waals surface area (Å²) in [6.45, 7) is 1.99. The molecule has 1 heterocycles. The van der Waals surface area contributed by atoms with Crippen molar-refractivity contribution in [1.29, 1.82) is 0 Å². The summed E-state index contributed by atoms with van der Waals surface area (Å²) in [6, 6.07) is 10.6. The number of aromatic nitrogens is 1. The highest BCUT2D eigenvalue weighted by atomic mass is 32.1. The van der Waals surface area contributed by atoms with Crippen molar-refractivity contribution in [2.75, 3.05) is 0 Å². The van der Waals surface area contributed by atoms with Gasteiger partial charge in [0.05, 0.1) is 5.01 Å². The molecule has 1 aromatic carbocycles. The van der Waals surface area contributed by atoms with Crippen molar-refractivity contribution >= 4 is 11.3 Å². The Hall–Kier alpha value is -1.19. The van der Waals surface area contributed by atoms with Crippen LogP contribution in [0.4, 0.5) is 0 Å². The van der Waals surface area contributed by atoms with Crippen molar-refractivity contribution in [3.05, 3.63) is 52.0 Å². The van der Waals surface area contributed by atoms with Crippen molar-refractivity contribution in [1.82, 2.24) is 4.98 Å². The Bertz CT molecular complexity index is 434. The first-order valence-corrected chi connectivity index (χ1v) is 6.31. The number of hydrogen-bond donors (Lipinski definition) is 1.